The second-order valence-corrected chi connectivity index (χ2v) is 5.89. The van der Waals surface area contributed by atoms with Crippen LogP contribution in [0.2, 0.25) is 0 Å². The number of aryl methyl sites for hydroxylation is 1. The third-order valence-corrected chi connectivity index (χ3v) is 4.21. The summed E-state index contributed by atoms with van der Waals surface area (Å²) in [5, 5.41) is 0. The molecule has 1 N–H and O–H groups in total. The normalized spacial score (nSPS) is 18.0. The predicted molar refractivity (Wildman–Crippen MR) is 84.2 cm³/mol. The maximum Gasteiger partial charge on any atom is 0.257 e. The minimum atomic E-state index is -0.440. The highest BCUT2D eigenvalue weighted by Crippen LogP contribution is 2.28. The van der Waals surface area contributed by atoms with E-state index in [0.29, 0.717) is 18.8 Å². The van der Waals surface area contributed by atoms with Crippen molar-refractivity contribution in [1.29, 1.82) is 0 Å². The summed E-state index contributed by atoms with van der Waals surface area (Å²) in [7, 11) is 1.48. The number of benzene rings is 1. The van der Waals surface area contributed by atoms with Crippen molar-refractivity contribution in [1.82, 2.24) is 14.9 Å². The molecule has 1 aliphatic rings. The molecule has 0 radical (unpaired) electrons. The lowest BCUT2D eigenvalue weighted by molar-refractivity contribution is 0.0701. The van der Waals surface area contributed by atoms with Gasteiger partial charge in [-0.3, -0.25) is 4.79 Å². The SMILES string of the molecule is COc1ccc(F)cc1C(=O)N1CCC[C@H](c2ncc(C)[nH]2)C1. The molecule has 0 bridgehead atoms. The first-order valence-electron chi connectivity index (χ1n) is 7.73. The Balaban J connectivity index is 1.81. The molecule has 0 spiro atoms. The van der Waals surface area contributed by atoms with E-state index in [0.717, 1.165) is 24.4 Å². The molecule has 0 saturated carbocycles. The van der Waals surface area contributed by atoms with Crippen molar-refractivity contribution in [3.05, 3.63) is 47.3 Å². The number of carbonyl (C=O) groups is 1. The second kappa shape index (κ2) is 6.40. The Morgan fingerprint density at radius 2 is 2.30 bits per heavy atom. The molecular formula is C17H20FN3O2. The van der Waals surface area contributed by atoms with E-state index in [9.17, 15) is 9.18 Å². The number of amides is 1. The molecule has 3 rings (SSSR count). The monoisotopic (exact) mass is 317 g/mol. The molecule has 1 saturated heterocycles. The molecular weight excluding hydrogens is 297 g/mol. The number of methoxy groups -OCH3 is 1. The first kappa shape index (κ1) is 15.5. The molecule has 0 unspecified atom stereocenters. The van der Waals surface area contributed by atoms with Gasteiger partial charge in [0, 0.05) is 30.9 Å². The average Bonchev–Trinajstić information content (AvgIpc) is 3.01. The maximum absolute atomic E-state index is 13.5. The Kier molecular flexibility index (Phi) is 4.32. The fourth-order valence-electron chi connectivity index (χ4n) is 3.04. The molecule has 1 aromatic carbocycles. The average molecular weight is 317 g/mol. The van der Waals surface area contributed by atoms with E-state index < -0.39 is 5.82 Å². The molecule has 1 aliphatic heterocycles. The largest absolute Gasteiger partial charge is 0.496 e. The van der Waals surface area contributed by atoms with Crippen LogP contribution >= 0.6 is 0 Å². The van der Waals surface area contributed by atoms with Gasteiger partial charge in [-0.25, -0.2) is 9.37 Å². The fraction of sp³-hybridized carbons (Fsp3) is 0.412. The zero-order valence-corrected chi connectivity index (χ0v) is 13.3. The topological polar surface area (TPSA) is 58.2 Å². The Labute approximate surface area is 134 Å². The Morgan fingerprint density at radius 1 is 1.48 bits per heavy atom. The van der Waals surface area contributed by atoms with Gasteiger partial charge < -0.3 is 14.6 Å². The number of imidazole rings is 1. The second-order valence-electron chi connectivity index (χ2n) is 5.89. The number of ether oxygens (including phenoxy) is 1. The van der Waals surface area contributed by atoms with Gasteiger partial charge in [-0.1, -0.05) is 0 Å². The molecule has 6 heteroatoms. The standard InChI is InChI=1S/C17H20FN3O2/c1-11-9-19-16(20-11)12-4-3-7-21(10-12)17(22)14-8-13(18)5-6-15(14)23-2/h5-6,8-9,12H,3-4,7,10H2,1-2H3,(H,19,20)/t12-/m0/s1. The molecule has 122 valence electrons. The number of nitrogens with zero attached hydrogens (tertiary/aromatic N) is 2. The number of carbonyl (C=O) groups excluding carboxylic acids is 1. The quantitative estimate of drug-likeness (QED) is 0.947. The van der Waals surface area contributed by atoms with Gasteiger partial charge in [-0.15, -0.1) is 0 Å². The zero-order chi connectivity index (χ0) is 16.4. The van der Waals surface area contributed by atoms with E-state index in [1.54, 1.807) is 11.1 Å². The zero-order valence-electron chi connectivity index (χ0n) is 13.3. The van der Waals surface area contributed by atoms with Crippen molar-refractivity contribution in [3.63, 3.8) is 0 Å². The van der Waals surface area contributed by atoms with Crippen molar-refractivity contribution >= 4 is 5.91 Å². The van der Waals surface area contributed by atoms with Gasteiger partial charge in [0.2, 0.25) is 0 Å². The molecule has 1 atom stereocenters. The van der Waals surface area contributed by atoms with Crippen LogP contribution in [0.25, 0.3) is 0 Å². The van der Waals surface area contributed by atoms with Crippen LogP contribution in [0.1, 0.15) is 40.6 Å². The van der Waals surface area contributed by atoms with Crippen molar-refractivity contribution in [3.8, 4) is 5.75 Å². The number of aromatic nitrogens is 2. The summed E-state index contributed by atoms with van der Waals surface area (Å²) in [5.41, 5.74) is 1.28. The number of likely N-dealkylation sites (tertiary alicyclic amines) is 1. The van der Waals surface area contributed by atoms with Gasteiger partial charge in [0.25, 0.3) is 5.91 Å². The molecule has 1 fully saturated rings. The third kappa shape index (κ3) is 3.21. The number of hydrogen-bond donors (Lipinski definition) is 1. The lowest BCUT2D eigenvalue weighted by Crippen LogP contribution is -2.39. The molecule has 5 nitrogen and oxygen atoms in total. The maximum atomic E-state index is 13.5. The number of halogens is 1. The Bertz CT molecular complexity index is 714. The van der Waals surface area contributed by atoms with Gasteiger partial charge in [-0.05, 0) is 38.0 Å². The highest BCUT2D eigenvalue weighted by atomic mass is 19.1. The van der Waals surface area contributed by atoms with Crippen molar-refractivity contribution < 1.29 is 13.9 Å². The molecule has 0 aliphatic carbocycles. The molecule has 23 heavy (non-hydrogen) atoms. The first-order valence-corrected chi connectivity index (χ1v) is 7.73. The summed E-state index contributed by atoms with van der Waals surface area (Å²) in [5.74, 6) is 0.846. The van der Waals surface area contributed by atoms with Crippen LogP contribution in [0, 0.1) is 12.7 Å². The van der Waals surface area contributed by atoms with E-state index in [1.807, 2.05) is 6.92 Å². The predicted octanol–water partition coefficient (Wildman–Crippen LogP) is 2.89. The van der Waals surface area contributed by atoms with Crippen LogP contribution in [0.3, 0.4) is 0 Å². The van der Waals surface area contributed by atoms with E-state index in [-0.39, 0.29) is 17.4 Å². The first-order chi connectivity index (χ1) is 11.1. The van der Waals surface area contributed by atoms with Crippen LogP contribution in [0.5, 0.6) is 5.75 Å². The molecule has 1 aromatic heterocycles. The van der Waals surface area contributed by atoms with Crippen LogP contribution in [0.15, 0.2) is 24.4 Å². The summed E-state index contributed by atoms with van der Waals surface area (Å²) < 4.78 is 18.7. The Morgan fingerprint density at radius 3 is 3.00 bits per heavy atom. The van der Waals surface area contributed by atoms with E-state index in [2.05, 4.69) is 9.97 Å². The van der Waals surface area contributed by atoms with Gasteiger partial charge in [-0.2, -0.15) is 0 Å². The van der Waals surface area contributed by atoms with Gasteiger partial charge >= 0.3 is 0 Å². The molecule has 2 aromatic rings. The highest BCUT2D eigenvalue weighted by Gasteiger charge is 2.28. The summed E-state index contributed by atoms with van der Waals surface area (Å²) >= 11 is 0. The summed E-state index contributed by atoms with van der Waals surface area (Å²) in [6.07, 6.45) is 3.68. The number of piperidine rings is 1. The lowest BCUT2D eigenvalue weighted by atomic mass is 9.96. The fourth-order valence-corrected chi connectivity index (χ4v) is 3.04. The number of nitrogens with one attached hydrogen (secondary N) is 1. The minimum Gasteiger partial charge on any atom is -0.496 e. The summed E-state index contributed by atoms with van der Waals surface area (Å²) in [6, 6.07) is 4.02. The summed E-state index contributed by atoms with van der Waals surface area (Å²) in [6.45, 7) is 3.19. The van der Waals surface area contributed by atoms with Crippen LogP contribution < -0.4 is 4.74 Å². The molecule has 1 amide bonds. The van der Waals surface area contributed by atoms with E-state index in [4.69, 9.17) is 4.74 Å². The lowest BCUT2D eigenvalue weighted by Gasteiger charge is -2.32. The number of rotatable bonds is 3. The smallest absolute Gasteiger partial charge is 0.257 e. The van der Waals surface area contributed by atoms with Crippen molar-refractivity contribution in [2.75, 3.05) is 20.2 Å². The number of hydrogen-bond acceptors (Lipinski definition) is 3. The summed E-state index contributed by atoms with van der Waals surface area (Å²) in [4.78, 5) is 22.1. The van der Waals surface area contributed by atoms with Gasteiger partial charge in [0.15, 0.2) is 0 Å². The third-order valence-electron chi connectivity index (χ3n) is 4.21. The van der Waals surface area contributed by atoms with Crippen molar-refractivity contribution in [2.24, 2.45) is 0 Å². The van der Waals surface area contributed by atoms with E-state index in [1.165, 1.54) is 25.3 Å². The number of H-pyrrole nitrogens is 1. The van der Waals surface area contributed by atoms with E-state index >= 15 is 0 Å². The van der Waals surface area contributed by atoms with Crippen LogP contribution in [-0.4, -0.2) is 41.0 Å². The minimum absolute atomic E-state index is 0.181. The number of aromatic amines is 1. The van der Waals surface area contributed by atoms with Crippen molar-refractivity contribution in [2.45, 2.75) is 25.7 Å². The molecule has 2 heterocycles. The highest BCUT2D eigenvalue weighted by molar-refractivity contribution is 5.97. The van der Waals surface area contributed by atoms with Gasteiger partial charge in [0.05, 0.1) is 12.7 Å². The van der Waals surface area contributed by atoms with Crippen LogP contribution in [-0.2, 0) is 0 Å². The van der Waals surface area contributed by atoms with Gasteiger partial charge in [0.1, 0.15) is 17.4 Å². The Hall–Kier alpha value is -2.37. The van der Waals surface area contributed by atoms with Crippen LogP contribution in [0.4, 0.5) is 4.39 Å².